The van der Waals surface area contributed by atoms with Crippen LogP contribution in [0.2, 0.25) is 0 Å². The van der Waals surface area contributed by atoms with Crippen molar-refractivity contribution in [2.45, 2.75) is 20.3 Å². The molecule has 0 radical (unpaired) electrons. The Bertz CT molecular complexity index is 391. The highest BCUT2D eigenvalue weighted by Crippen LogP contribution is 1.83. The molecule has 0 aliphatic carbocycles. The van der Waals surface area contributed by atoms with Crippen molar-refractivity contribution < 1.29 is 4.79 Å². The zero-order chi connectivity index (χ0) is 10.7. The van der Waals surface area contributed by atoms with Crippen molar-refractivity contribution in [3.8, 4) is 0 Å². The van der Waals surface area contributed by atoms with E-state index in [9.17, 15) is 9.59 Å². The second-order valence-corrected chi connectivity index (χ2v) is 2.84. The maximum atomic E-state index is 11.3. The Morgan fingerprint density at radius 3 is 2.71 bits per heavy atom. The number of amides is 1. The van der Waals surface area contributed by atoms with Gasteiger partial charge in [0.25, 0.3) is 0 Å². The fourth-order valence-corrected chi connectivity index (χ4v) is 0.915. The van der Waals surface area contributed by atoms with Crippen molar-refractivity contribution in [2.24, 2.45) is 0 Å². The Balaban J connectivity index is 2.91. The summed E-state index contributed by atoms with van der Waals surface area (Å²) in [4.78, 5) is 22.6. The summed E-state index contributed by atoms with van der Waals surface area (Å²) in [6.07, 6.45) is 0.794. The molecule has 0 aliphatic rings. The van der Waals surface area contributed by atoms with Gasteiger partial charge in [0.1, 0.15) is 0 Å². The van der Waals surface area contributed by atoms with Gasteiger partial charge in [0.2, 0.25) is 0 Å². The Hall–Kier alpha value is -1.79. The highest BCUT2D eigenvalue weighted by Gasteiger charge is 2.12. The summed E-state index contributed by atoms with van der Waals surface area (Å²) in [5, 5.41) is 6.22. The van der Waals surface area contributed by atoms with Crippen LogP contribution < -0.4 is 16.8 Å². The van der Waals surface area contributed by atoms with Gasteiger partial charge in [-0.1, -0.05) is 6.92 Å². The zero-order valence-corrected chi connectivity index (χ0v) is 8.15. The van der Waals surface area contributed by atoms with E-state index in [4.69, 9.17) is 5.84 Å². The number of rotatable bonds is 2. The van der Waals surface area contributed by atoms with Crippen LogP contribution in [0, 0.1) is 6.92 Å². The van der Waals surface area contributed by atoms with Crippen LogP contribution in [0.15, 0.2) is 4.79 Å². The standard InChI is InChI=1S/C7H13N5O2/c1-3-4-9-6(13)12-7(14)11(8)5(2)10-12/h3-4,8H2,1-2H3,(H,9,13). The van der Waals surface area contributed by atoms with E-state index >= 15 is 0 Å². The lowest BCUT2D eigenvalue weighted by Crippen LogP contribution is -2.39. The van der Waals surface area contributed by atoms with Gasteiger partial charge in [0.05, 0.1) is 0 Å². The van der Waals surface area contributed by atoms with Crippen molar-refractivity contribution in [3.05, 3.63) is 16.3 Å². The normalized spacial score (nSPS) is 10.1. The van der Waals surface area contributed by atoms with Crippen LogP contribution >= 0.6 is 0 Å². The fourth-order valence-electron chi connectivity index (χ4n) is 0.915. The van der Waals surface area contributed by atoms with Gasteiger partial charge in [-0.3, -0.25) is 0 Å². The molecule has 78 valence electrons. The van der Waals surface area contributed by atoms with Gasteiger partial charge in [-0.25, -0.2) is 9.59 Å². The number of nitrogen functional groups attached to an aromatic ring is 1. The first-order valence-corrected chi connectivity index (χ1v) is 4.30. The van der Waals surface area contributed by atoms with Gasteiger partial charge in [0.15, 0.2) is 5.82 Å². The van der Waals surface area contributed by atoms with Gasteiger partial charge < -0.3 is 11.2 Å². The molecular weight excluding hydrogens is 186 g/mol. The molecule has 1 amide bonds. The molecule has 0 saturated heterocycles. The molecule has 0 unspecified atom stereocenters. The zero-order valence-electron chi connectivity index (χ0n) is 8.15. The third kappa shape index (κ3) is 1.76. The number of nitrogens with one attached hydrogen (secondary N) is 1. The minimum Gasteiger partial charge on any atom is -0.336 e. The van der Waals surface area contributed by atoms with Crippen LogP contribution in [-0.4, -0.2) is 27.0 Å². The summed E-state index contributed by atoms with van der Waals surface area (Å²) in [6.45, 7) is 3.96. The van der Waals surface area contributed by atoms with E-state index in [1.54, 1.807) is 6.92 Å². The van der Waals surface area contributed by atoms with Crippen LogP contribution in [0.3, 0.4) is 0 Å². The molecule has 14 heavy (non-hydrogen) atoms. The molecule has 0 fully saturated rings. The third-order valence-corrected chi connectivity index (χ3v) is 1.70. The minimum atomic E-state index is -0.642. The monoisotopic (exact) mass is 199 g/mol. The van der Waals surface area contributed by atoms with E-state index in [0.29, 0.717) is 17.1 Å². The second-order valence-electron chi connectivity index (χ2n) is 2.84. The third-order valence-electron chi connectivity index (χ3n) is 1.70. The number of nitrogens with zero attached hydrogens (tertiary/aromatic N) is 3. The van der Waals surface area contributed by atoms with Gasteiger partial charge in [-0.05, 0) is 13.3 Å². The maximum absolute atomic E-state index is 11.3. The lowest BCUT2D eigenvalue weighted by atomic mass is 10.5. The van der Waals surface area contributed by atoms with Crippen LogP contribution in [0.4, 0.5) is 4.79 Å². The molecule has 1 aromatic rings. The summed E-state index contributed by atoms with van der Waals surface area (Å²) < 4.78 is 1.54. The minimum absolute atomic E-state index is 0.293. The molecule has 1 rings (SSSR count). The molecule has 0 bridgehead atoms. The maximum Gasteiger partial charge on any atom is 0.373 e. The highest BCUT2D eigenvalue weighted by molar-refractivity contribution is 5.75. The van der Waals surface area contributed by atoms with E-state index in [0.717, 1.165) is 11.1 Å². The summed E-state index contributed by atoms with van der Waals surface area (Å²) in [5.74, 6) is 5.60. The average molecular weight is 199 g/mol. The van der Waals surface area contributed by atoms with E-state index in [-0.39, 0.29) is 0 Å². The van der Waals surface area contributed by atoms with Crippen LogP contribution in [0.5, 0.6) is 0 Å². The van der Waals surface area contributed by atoms with E-state index in [2.05, 4.69) is 10.4 Å². The molecule has 0 spiro atoms. The van der Waals surface area contributed by atoms with E-state index < -0.39 is 11.7 Å². The molecule has 3 N–H and O–H groups in total. The Labute approximate surface area is 80.5 Å². The smallest absolute Gasteiger partial charge is 0.336 e. The number of hydrogen-bond acceptors (Lipinski definition) is 4. The van der Waals surface area contributed by atoms with Crippen molar-refractivity contribution >= 4 is 6.03 Å². The SMILES string of the molecule is CCCNC(=O)n1nc(C)n(N)c1=O. The van der Waals surface area contributed by atoms with Gasteiger partial charge in [-0.15, -0.1) is 9.78 Å². The van der Waals surface area contributed by atoms with Gasteiger partial charge in [-0.2, -0.15) is 4.68 Å². The quantitative estimate of drug-likeness (QED) is 0.599. The number of aromatic nitrogens is 3. The fraction of sp³-hybridized carbons (Fsp3) is 0.571. The van der Waals surface area contributed by atoms with E-state index in [1.807, 2.05) is 6.92 Å². The van der Waals surface area contributed by atoms with Crippen LogP contribution in [0.1, 0.15) is 19.2 Å². The first-order chi connectivity index (χ1) is 6.57. The van der Waals surface area contributed by atoms with Crippen LogP contribution in [-0.2, 0) is 0 Å². The first-order valence-electron chi connectivity index (χ1n) is 4.30. The number of carbonyl (C=O) groups is 1. The second kappa shape index (κ2) is 3.95. The number of aryl methyl sites for hydroxylation is 1. The lowest BCUT2D eigenvalue weighted by molar-refractivity contribution is 0.238. The van der Waals surface area contributed by atoms with Crippen LogP contribution in [0.25, 0.3) is 0 Å². The summed E-state index contributed by atoms with van der Waals surface area (Å²) in [5.41, 5.74) is -0.642. The van der Waals surface area contributed by atoms with Crippen molar-refractivity contribution in [3.63, 3.8) is 0 Å². The van der Waals surface area contributed by atoms with Crippen molar-refractivity contribution in [1.29, 1.82) is 0 Å². The topological polar surface area (TPSA) is 94.9 Å². The largest absolute Gasteiger partial charge is 0.373 e. The predicted octanol–water partition coefficient (Wildman–Crippen LogP) is -0.965. The Morgan fingerprint density at radius 2 is 2.29 bits per heavy atom. The summed E-state index contributed by atoms with van der Waals surface area (Å²) in [7, 11) is 0. The molecule has 0 saturated carbocycles. The first kappa shape index (κ1) is 10.3. The molecule has 0 atom stereocenters. The Kier molecular flexibility index (Phi) is 2.90. The molecule has 0 aliphatic heterocycles. The molecule has 7 heteroatoms. The Morgan fingerprint density at radius 1 is 1.64 bits per heavy atom. The lowest BCUT2D eigenvalue weighted by Gasteiger charge is -1.99. The average Bonchev–Trinajstić information content (AvgIpc) is 2.42. The number of carbonyl (C=O) groups excluding carboxylic acids is 1. The molecular formula is C7H13N5O2. The van der Waals surface area contributed by atoms with Crippen molar-refractivity contribution in [1.82, 2.24) is 19.8 Å². The predicted molar refractivity (Wildman–Crippen MR) is 50.5 cm³/mol. The van der Waals surface area contributed by atoms with Crippen molar-refractivity contribution in [2.75, 3.05) is 12.4 Å². The number of nitrogens with two attached hydrogens (primary N) is 1. The summed E-state index contributed by atoms with van der Waals surface area (Å²) >= 11 is 0. The molecule has 0 aromatic carbocycles. The van der Waals surface area contributed by atoms with Gasteiger partial charge >= 0.3 is 11.7 Å². The molecule has 1 aromatic heterocycles. The highest BCUT2D eigenvalue weighted by atomic mass is 16.2. The summed E-state index contributed by atoms with van der Waals surface area (Å²) in [6, 6.07) is -0.552. The molecule has 1 heterocycles. The number of hydrogen-bond donors (Lipinski definition) is 2. The van der Waals surface area contributed by atoms with E-state index in [1.165, 1.54) is 0 Å². The van der Waals surface area contributed by atoms with Gasteiger partial charge in [0, 0.05) is 6.54 Å². The molecule has 7 nitrogen and oxygen atoms in total.